The molecule has 3 aromatic rings. The summed E-state index contributed by atoms with van der Waals surface area (Å²) >= 11 is 0. The smallest absolute Gasteiger partial charge is 0.368 e. The lowest BCUT2D eigenvalue weighted by Crippen LogP contribution is -2.43. The first-order valence-corrected chi connectivity index (χ1v) is 14.2. The number of hydrogen-bond donors (Lipinski definition) is 1. The summed E-state index contributed by atoms with van der Waals surface area (Å²) in [6, 6.07) is 16.1. The van der Waals surface area contributed by atoms with Gasteiger partial charge in [-0.25, -0.2) is 9.69 Å². The number of anilines is 3. The van der Waals surface area contributed by atoms with Crippen LogP contribution in [0.3, 0.4) is 0 Å². The average molecular weight is 613 g/mol. The van der Waals surface area contributed by atoms with Gasteiger partial charge in [-0.15, -0.1) is 4.40 Å². The van der Waals surface area contributed by atoms with Crippen LogP contribution in [0.1, 0.15) is 30.5 Å². The Morgan fingerprint density at radius 2 is 1.70 bits per heavy atom. The minimum absolute atomic E-state index is 0.0102. The van der Waals surface area contributed by atoms with Gasteiger partial charge < -0.3 is 15.1 Å². The molecular formula is C29H27F3N6O4S. The first-order chi connectivity index (χ1) is 20.1. The highest BCUT2D eigenvalue weighted by molar-refractivity contribution is 7.90. The molecular weight excluding hydrogens is 585 g/mol. The topological polar surface area (TPSA) is 126 Å². The lowest BCUT2D eigenvalue weighted by atomic mass is 10.0. The van der Waals surface area contributed by atoms with Crippen molar-refractivity contribution in [3.05, 3.63) is 83.4 Å². The summed E-state index contributed by atoms with van der Waals surface area (Å²) in [5.74, 6) is -0.727. The molecule has 1 heterocycles. The van der Waals surface area contributed by atoms with Gasteiger partial charge in [-0.1, -0.05) is 18.2 Å². The Labute approximate surface area is 246 Å². The maximum Gasteiger partial charge on any atom is 0.417 e. The second-order valence-corrected chi connectivity index (χ2v) is 12.0. The SMILES string of the molecule is CN(C)C=NS(=O)(=O)c1ccc(Nc2ccccc2CN2C(=O)N(c3ccc(C#N)c(C(F)(F)F)c3)C(=O)C2(C)C)cc1. The maximum absolute atomic E-state index is 13.6. The summed E-state index contributed by atoms with van der Waals surface area (Å²) in [4.78, 5) is 30.3. The number of carbonyl (C=O) groups is 2. The number of rotatable bonds is 8. The van der Waals surface area contributed by atoms with E-state index in [9.17, 15) is 31.2 Å². The van der Waals surface area contributed by atoms with Crippen molar-refractivity contribution in [3.63, 3.8) is 0 Å². The number of imide groups is 1. The van der Waals surface area contributed by atoms with E-state index in [2.05, 4.69) is 9.71 Å². The van der Waals surface area contributed by atoms with E-state index in [1.54, 1.807) is 50.5 Å². The summed E-state index contributed by atoms with van der Waals surface area (Å²) in [6.07, 6.45) is -3.68. The molecule has 3 amide bonds. The van der Waals surface area contributed by atoms with Crippen molar-refractivity contribution in [1.82, 2.24) is 9.80 Å². The molecule has 0 radical (unpaired) electrons. The Balaban J connectivity index is 1.61. The Kier molecular flexibility index (Phi) is 8.24. The summed E-state index contributed by atoms with van der Waals surface area (Å²) in [7, 11) is -0.609. The Bertz CT molecular complexity index is 1750. The van der Waals surface area contributed by atoms with Gasteiger partial charge in [-0.3, -0.25) is 4.79 Å². The minimum Gasteiger partial charge on any atom is -0.368 e. The zero-order chi connectivity index (χ0) is 31.7. The molecule has 14 heteroatoms. The predicted molar refractivity (Wildman–Crippen MR) is 154 cm³/mol. The molecule has 0 saturated carbocycles. The molecule has 1 fully saturated rings. The van der Waals surface area contributed by atoms with Crippen molar-refractivity contribution in [2.45, 2.75) is 37.0 Å². The molecule has 0 bridgehead atoms. The number of para-hydroxylation sites is 1. The van der Waals surface area contributed by atoms with Crippen LogP contribution >= 0.6 is 0 Å². The molecule has 0 spiro atoms. The van der Waals surface area contributed by atoms with E-state index in [1.807, 2.05) is 0 Å². The van der Waals surface area contributed by atoms with Crippen LogP contribution < -0.4 is 10.2 Å². The number of nitrogens with zero attached hydrogens (tertiary/aromatic N) is 5. The molecule has 0 aliphatic carbocycles. The summed E-state index contributed by atoms with van der Waals surface area (Å²) < 4.78 is 69.2. The van der Waals surface area contributed by atoms with Crippen LogP contribution in [-0.4, -0.2) is 56.1 Å². The maximum atomic E-state index is 13.6. The number of amides is 3. The van der Waals surface area contributed by atoms with Crippen molar-refractivity contribution in [2.75, 3.05) is 24.3 Å². The number of halogens is 3. The first kappa shape index (κ1) is 31.0. The number of sulfonamides is 1. The molecule has 0 aromatic heterocycles. The van der Waals surface area contributed by atoms with E-state index in [0.29, 0.717) is 27.9 Å². The molecule has 224 valence electrons. The van der Waals surface area contributed by atoms with E-state index in [1.165, 1.54) is 48.2 Å². The van der Waals surface area contributed by atoms with Crippen LogP contribution in [0.4, 0.5) is 35.0 Å². The van der Waals surface area contributed by atoms with Crippen molar-refractivity contribution in [1.29, 1.82) is 5.26 Å². The standard InChI is InChI=1S/C29H27F3N6O4S/c1-28(2)26(39)38(22-12-9-19(16-33)24(15-22)29(30,31)32)27(40)37(28)17-20-7-5-6-8-25(20)35-21-10-13-23(14-11-21)43(41,42)34-18-36(3)4/h5-15,18,35H,17H2,1-4H3. The highest BCUT2D eigenvalue weighted by Crippen LogP contribution is 2.38. The zero-order valence-electron chi connectivity index (χ0n) is 23.5. The highest BCUT2D eigenvalue weighted by atomic mass is 32.2. The number of nitriles is 1. The van der Waals surface area contributed by atoms with Crippen molar-refractivity contribution in [2.24, 2.45) is 4.40 Å². The second-order valence-electron chi connectivity index (χ2n) is 10.4. The lowest BCUT2D eigenvalue weighted by molar-refractivity contribution is -0.137. The van der Waals surface area contributed by atoms with Crippen LogP contribution in [0, 0.1) is 11.3 Å². The molecule has 1 N–H and O–H groups in total. The van der Waals surface area contributed by atoms with Crippen LogP contribution in [0.5, 0.6) is 0 Å². The fourth-order valence-electron chi connectivity index (χ4n) is 4.37. The fraction of sp³-hybridized carbons (Fsp3) is 0.241. The summed E-state index contributed by atoms with van der Waals surface area (Å²) in [5.41, 5.74) is -1.92. The van der Waals surface area contributed by atoms with Gasteiger partial charge in [0.25, 0.3) is 15.9 Å². The van der Waals surface area contributed by atoms with Gasteiger partial charge in [0.05, 0.1) is 34.3 Å². The normalized spacial score (nSPS) is 15.2. The van der Waals surface area contributed by atoms with Crippen molar-refractivity contribution < 1.29 is 31.2 Å². The van der Waals surface area contributed by atoms with Gasteiger partial charge in [-0.2, -0.15) is 26.9 Å². The fourth-order valence-corrected chi connectivity index (χ4v) is 5.28. The number of hydrogen-bond acceptors (Lipinski definition) is 6. The van der Waals surface area contributed by atoms with Gasteiger partial charge in [0.1, 0.15) is 11.9 Å². The average Bonchev–Trinajstić information content (AvgIpc) is 3.11. The van der Waals surface area contributed by atoms with Gasteiger partial charge in [0, 0.05) is 25.5 Å². The Morgan fingerprint density at radius 3 is 2.30 bits per heavy atom. The molecule has 0 atom stereocenters. The molecule has 0 unspecified atom stereocenters. The predicted octanol–water partition coefficient (Wildman–Crippen LogP) is 5.35. The largest absolute Gasteiger partial charge is 0.417 e. The van der Waals surface area contributed by atoms with E-state index < -0.39 is 44.8 Å². The number of urea groups is 1. The van der Waals surface area contributed by atoms with E-state index >= 15 is 0 Å². The quantitative estimate of drug-likeness (QED) is 0.207. The molecule has 1 aliphatic rings. The molecule has 3 aromatic carbocycles. The van der Waals surface area contributed by atoms with Gasteiger partial charge in [0.2, 0.25) is 0 Å². The highest BCUT2D eigenvalue weighted by Gasteiger charge is 2.52. The van der Waals surface area contributed by atoms with E-state index in [-0.39, 0.29) is 17.1 Å². The third-order valence-corrected chi connectivity index (χ3v) is 7.94. The number of alkyl halides is 3. The molecule has 4 rings (SSSR count). The number of carbonyl (C=O) groups excluding carboxylic acids is 2. The lowest BCUT2D eigenvalue weighted by Gasteiger charge is -2.28. The Morgan fingerprint density at radius 1 is 1.05 bits per heavy atom. The van der Waals surface area contributed by atoms with Gasteiger partial charge >= 0.3 is 12.2 Å². The van der Waals surface area contributed by atoms with Gasteiger partial charge in [0.15, 0.2) is 0 Å². The third kappa shape index (κ3) is 6.31. The summed E-state index contributed by atoms with van der Waals surface area (Å²) in [6.45, 7) is 2.91. The minimum atomic E-state index is -4.87. The van der Waals surface area contributed by atoms with Crippen LogP contribution in [-0.2, 0) is 27.5 Å². The number of nitrogens with one attached hydrogen (secondary N) is 1. The zero-order valence-corrected chi connectivity index (χ0v) is 24.4. The number of benzene rings is 3. The monoisotopic (exact) mass is 612 g/mol. The third-order valence-electron chi connectivity index (χ3n) is 6.70. The molecule has 43 heavy (non-hydrogen) atoms. The van der Waals surface area contributed by atoms with Crippen molar-refractivity contribution in [3.8, 4) is 6.07 Å². The van der Waals surface area contributed by atoms with E-state index in [4.69, 9.17) is 5.26 Å². The Hall–Kier alpha value is -4.90. The second kappa shape index (κ2) is 11.4. The van der Waals surface area contributed by atoms with Crippen LogP contribution in [0.15, 0.2) is 76.0 Å². The molecule has 1 saturated heterocycles. The van der Waals surface area contributed by atoms with Crippen molar-refractivity contribution >= 4 is 45.4 Å². The van der Waals surface area contributed by atoms with E-state index in [0.717, 1.165) is 12.1 Å². The van der Waals surface area contributed by atoms with Gasteiger partial charge in [-0.05, 0) is 67.9 Å². The molecule has 10 nitrogen and oxygen atoms in total. The van der Waals surface area contributed by atoms with Crippen LogP contribution in [0.25, 0.3) is 0 Å². The first-order valence-electron chi connectivity index (χ1n) is 12.8. The molecule has 1 aliphatic heterocycles. The summed E-state index contributed by atoms with van der Waals surface area (Å²) in [5, 5.41) is 12.3. The van der Waals surface area contributed by atoms with Crippen LogP contribution in [0.2, 0.25) is 0 Å².